The summed E-state index contributed by atoms with van der Waals surface area (Å²) in [7, 11) is -0.727. The van der Waals surface area contributed by atoms with E-state index in [4.69, 9.17) is 4.99 Å². The van der Waals surface area contributed by atoms with Crippen LogP contribution in [-0.2, 0) is 17.3 Å². The van der Waals surface area contributed by atoms with Gasteiger partial charge in [-0.25, -0.2) is 4.99 Å². The minimum atomic E-state index is -0.727. The highest BCUT2D eigenvalue weighted by Gasteiger charge is 2.26. The monoisotopic (exact) mass is 534 g/mol. The van der Waals surface area contributed by atoms with Crippen molar-refractivity contribution < 1.29 is 9.00 Å². The first-order chi connectivity index (χ1) is 13.6. The van der Waals surface area contributed by atoms with Gasteiger partial charge < -0.3 is 16.0 Å². The first-order valence-corrected chi connectivity index (χ1v) is 11.7. The topological polar surface area (TPSA) is 82.6 Å². The molecule has 8 heteroatoms. The molecule has 1 aliphatic rings. The number of guanidine groups is 1. The molecule has 1 amide bonds. The van der Waals surface area contributed by atoms with Gasteiger partial charge in [-0.05, 0) is 50.8 Å². The molecule has 1 aliphatic carbocycles. The number of halogens is 1. The third kappa shape index (κ3) is 8.62. The molecule has 3 unspecified atom stereocenters. The standard InChI is InChI=1S/C21H34N4O2S.HI/c1-4-22-20(26)17-12-10-16(11-13-17)15-24-21(23-5-2)25-18-8-7-9-19(14-18)28(27)6-3;/h10-13,18-19H,4-9,14-15H2,1-3H3,(H,22,26)(H2,23,24,25);1H. The van der Waals surface area contributed by atoms with Crippen molar-refractivity contribution in [3.8, 4) is 0 Å². The first-order valence-electron chi connectivity index (χ1n) is 10.4. The highest BCUT2D eigenvalue weighted by molar-refractivity contribution is 14.0. The van der Waals surface area contributed by atoms with Crippen molar-refractivity contribution in [3.63, 3.8) is 0 Å². The zero-order valence-corrected chi connectivity index (χ0v) is 20.8. The van der Waals surface area contributed by atoms with Crippen LogP contribution in [0, 0.1) is 0 Å². The van der Waals surface area contributed by atoms with Gasteiger partial charge in [-0.15, -0.1) is 24.0 Å². The zero-order chi connectivity index (χ0) is 20.4. The average Bonchev–Trinajstić information content (AvgIpc) is 2.72. The maximum Gasteiger partial charge on any atom is 0.251 e. The van der Waals surface area contributed by atoms with Crippen LogP contribution in [0.25, 0.3) is 0 Å². The van der Waals surface area contributed by atoms with Gasteiger partial charge in [-0.2, -0.15) is 0 Å². The summed E-state index contributed by atoms with van der Waals surface area (Å²) in [5.41, 5.74) is 1.72. The fraction of sp³-hybridized carbons (Fsp3) is 0.619. The minimum Gasteiger partial charge on any atom is -0.357 e. The van der Waals surface area contributed by atoms with Crippen LogP contribution in [-0.4, -0.2) is 46.2 Å². The Kier molecular flexibility index (Phi) is 12.4. The summed E-state index contributed by atoms with van der Waals surface area (Å²) in [6, 6.07) is 7.87. The van der Waals surface area contributed by atoms with Crippen LogP contribution in [0.3, 0.4) is 0 Å². The van der Waals surface area contributed by atoms with E-state index in [9.17, 15) is 9.00 Å². The summed E-state index contributed by atoms with van der Waals surface area (Å²) in [6.45, 7) is 7.91. The number of hydrogen-bond acceptors (Lipinski definition) is 3. The van der Waals surface area contributed by atoms with Crippen molar-refractivity contribution in [1.82, 2.24) is 16.0 Å². The molecule has 0 heterocycles. The molecule has 0 bridgehead atoms. The molecule has 3 atom stereocenters. The first kappa shape index (κ1) is 25.9. The Morgan fingerprint density at radius 3 is 2.41 bits per heavy atom. The predicted octanol–water partition coefficient (Wildman–Crippen LogP) is 3.19. The lowest BCUT2D eigenvalue weighted by molar-refractivity contribution is 0.0956. The lowest BCUT2D eigenvalue weighted by Gasteiger charge is -2.30. The molecular weight excluding hydrogens is 499 g/mol. The van der Waals surface area contributed by atoms with Gasteiger partial charge in [0.15, 0.2) is 5.96 Å². The number of carbonyl (C=O) groups is 1. The minimum absolute atomic E-state index is 0. The van der Waals surface area contributed by atoms with Crippen molar-refractivity contribution in [2.45, 2.75) is 64.3 Å². The van der Waals surface area contributed by atoms with E-state index in [-0.39, 0.29) is 29.9 Å². The Bertz CT molecular complexity index is 682. The van der Waals surface area contributed by atoms with E-state index in [1.807, 2.05) is 45.0 Å². The summed E-state index contributed by atoms with van der Waals surface area (Å²) in [4.78, 5) is 16.5. The lowest BCUT2D eigenvalue weighted by atomic mass is 9.95. The highest BCUT2D eigenvalue weighted by atomic mass is 127. The van der Waals surface area contributed by atoms with Crippen molar-refractivity contribution in [1.29, 1.82) is 0 Å². The highest BCUT2D eigenvalue weighted by Crippen LogP contribution is 2.23. The third-order valence-corrected chi connectivity index (χ3v) is 6.68. The Morgan fingerprint density at radius 1 is 1.10 bits per heavy atom. The Morgan fingerprint density at radius 2 is 1.79 bits per heavy atom. The van der Waals surface area contributed by atoms with E-state index >= 15 is 0 Å². The number of benzene rings is 1. The molecule has 0 spiro atoms. The lowest BCUT2D eigenvalue weighted by Crippen LogP contribution is -2.46. The molecule has 6 nitrogen and oxygen atoms in total. The summed E-state index contributed by atoms with van der Waals surface area (Å²) in [5.74, 6) is 1.48. The summed E-state index contributed by atoms with van der Waals surface area (Å²) in [5, 5.41) is 9.92. The van der Waals surface area contributed by atoms with Crippen LogP contribution in [0.2, 0.25) is 0 Å². The SMILES string of the molecule is CCNC(=O)c1ccc(CN=C(NCC)NC2CCCC(S(=O)CC)C2)cc1.I. The van der Waals surface area contributed by atoms with Crippen molar-refractivity contribution in [2.24, 2.45) is 4.99 Å². The van der Waals surface area contributed by atoms with Crippen LogP contribution < -0.4 is 16.0 Å². The van der Waals surface area contributed by atoms with Gasteiger partial charge in [0.25, 0.3) is 5.91 Å². The summed E-state index contributed by atoms with van der Waals surface area (Å²) in [6.07, 6.45) is 4.19. The van der Waals surface area contributed by atoms with Crippen LogP contribution in [0.1, 0.15) is 62.4 Å². The zero-order valence-electron chi connectivity index (χ0n) is 17.7. The van der Waals surface area contributed by atoms with E-state index in [0.717, 1.165) is 49.5 Å². The maximum atomic E-state index is 12.2. The van der Waals surface area contributed by atoms with Crippen molar-refractivity contribution >= 4 is 46.6 Å². The average molecular weight is 535 g/mol. The fourth-order valence-electron chi connectivity index (χ4n) is 3.46. The largest absolute Gasteiger partial charge is 0.357 e. The van der Waals surface area contributed by atoms with Gasteiger partial charge >= 0.3 is 0 Å². The number of amides is 1. The van der Waals surface area contributed by atoms with E-state index in [1.165, 1.54) is 0 Å². The molecule has 164 valence electrons. The van der Waals surface area contributed by atoms with Crippen LogP contribution in [0.5, 0.6) is 0 Å². The molecule has 1 aromatic rings. The predicted molar refractivity (Wildman–Crippen MR) is 133 cm³/mol. The second-order valence-corrected chi connectivity index (χ2v) is 9.06. The second-order valence-electron chi connectivity index (χ2n) is 7.05. The Hall–Kier alpha value is -1.16. The number of aliphatic imine (C=N–C) groups is 1. The molecule has 0 aliphatic heterocycles. The van der Waals surface area contributed by atoms with Gasteiger partial charge in [-0.1, -0.05) is 25.5 Å². The van der Waals surface area contributed by atoms with E-state index in [0.29, 0.717) is 29.9 Å². The van der Waals surface area contributed by atoms with Gasteiger partial charge in [0, 0.05) is 46.5 Å². The third-order valence-electron chi connectivity index (χ3n) is 4.94. The molecule has 0 saturated heterocycles. The fourth-order valence-corrected chi connectivity index (χ4v) is 4.81. The molecule has 3 N–H and O–H groups in total. The second kappa shape index (κ2) is 14.0. The number of nitrogens with one attached hydrogen (secondary N) is 3. The van der Waals surface area contributed by atoms with E-state index < -0.39 is 10.8 Å². The molecule has 0 radical (unpaired) electrons. The molecule has 0 aromatic heterocycles. The molecule has 2 rings (SSSR count). The molecule has 1 fully saturated rings. The molecular formula is C21H35IN4O2S. The Labute approximate surface area is 194 Å². The van der Waals surface area contributed by atoms with Crippen LogP contribution in [0.15, 0.2) is 29.3 Å². The van der Waals surface area contributed by atoms with Crippen molar-refractivity contribution in [2.75, 3.05) is 18.8 Å². The van der Waals surface area contributed by atoms with Gasteiger partial charge in [0.1, 0.15) is 0 Å². The molecule has 1 aromatic carbocycles. The maximum absolute atomic E-state index is 12.2. The van der Waals surface area contributed by atoms with Gasteiger partial charge in [0.05, 0.1) is 6.54 Å². The Balaban J connectivity index is 0.00000420. The van der Waals surface area contributed by atoms with Crippen LogP contribution in [0.4, 0.5) is 0 Å². The molecule has 29 heavy (non-hydrogen) atoms. The van der Waals surface area contributed by atoms with E-state index in [1.54, 1.807) is 0 Å². The number of rotatable bonds is 8. The summed E-state index contributed by atoms with van der Waals surface area (Å²) < 4.78 is 12.2. The smallest absolute Gasteiger partial charge is 0.251 e. The van der Waals surface area contributed by atoms with Crippen LogP contribution >= 0.6 is 24.0 Å². The number of nitrogens with zero attached hydrogens (tertiary/aromatic N) is 1. The van der Waals surface area contributed by atoms with Gasteiger partial charge in [0.2, 0.25) is 0 Å². The van der Waals surface area contributed by atoms with Crippen molar-refractivity contribution in [3.05, 3.63) is 35.4 Å². The summed E-state index contributed by atoms with van der Waals surface area (Å²) >= 11 is 0. The number of hydrogen-bond donors (Lipinski definition) is 3. The number of carbonyl (C=O) groups excluding carboxylic acids is 1. The van der Waals surface area contributed by atoms with Gasteiger partial charge in [-0.3, -0.25) is 9.00 Å². The normalized spacial score (nSPS) is 20.3. The van der Waals surface area contributed by atoms with E-state index in [2.05, 4.69) is 16.0 Å². The quantitative estimate of drug-likeness (QED) is 0.272. The molecule has 1 saturated carbocycles.